The SMILES string of the molecule is [C-]#[N+]c1cc2oc(Cc3cccc(C(=O)NO)c3)nc2cc1C. The molecule has 0 unspecified atom stereocenters. The monoisotopic (exact) mass is 307 g/mol. The van der Waals surface area contributed by atoms with Crippen LogP contribution in [0.4, 0.5) is 5.69 Å². The van der Waals surface area contributed by atoms with Crippen molar-refractivity contribution in [2.75, 3.05) is 0 Å². The minimum absolute atomic E-state index is 0.354. The molecule has 0 saturated heterocycles. The van der Waals surface area contributed by atoms with Crippen molar-refractivity contribution in [1.29, 1.82) is 0 Å². The first kappa shape index (κ1) is 14.8. The largest absolute Gasteiger partial charge is 0.442 e. The highest BCUT2D eigenvalue weighted by Crippen LogP contribution is 2.27. The van der Waals surface area contributed by atoms with Crippen molar-refractivity contribution in [2.24, 2.45) is 0 Å². The third kappa shape index (κ3) is 2.91. The summed E-state index contributed by atoms with van der Waals surface area (Å²) in [6.07, 6.45) is 0.410. The molecule has 2 N–H and O–H groups in total. The molecule has 0 aliphatic heterocycles. The molecule has 1 aromatic heterocycles. The van der Waals surface area contributed by atoms with Crippen LogP contribution in [-0.4, -0.2) is 16.1 Å². The van der Waals surface area contributed by atoms with E-state index in [0.29, 0.717) is 34.7 Å². The van der Waals surface area contributed by atoms with Gasteiger partial charge in [-0.25, -0.2) is 15.3 Å². The number of rotatable bonds is 3. The second-order valence-corrected chi connectivity index (χ2v) is 5.14. The van der Waals surface area contributed by atoms with E-state index in [2.05, 4.69) is 9.83 Å². The van der Waals surface area contributed by atoms with E-state index < -0.39 is 5.91 Å². The van der Waals surface area contributed by atoms with E-state index in [1.165, 1.54) is 0 Å². The lowest BCUT2D eigenvalue weighted by atomic mass is 10.1. The molecule has 0 aliphatic carbocycles. The maximum Gasteiger partial charge on any atom is 0.274 e. The Morgan fingerprint density at radius 2 is 2.22 bits per heavy atom. The third-order valence-electron chi connectivity index (χ3n) is 3.52. The molecule has 114 valence electrons. The fourth-order valence-corrected chi connectivity index (χ4v) is 2.37. The van der Waals surface area contributed by atoms with E-state index in [0.717, 1.165) is 11.1 Å². The number of hydroxylamine groups is 1. The van der Waals surface area contributed by atoms with Gasteiger partial charge in [-0.3, -0.25) is 10.0 Å². The van der Waals surface area contributed by atoms with Crippen molar-refractivity contribution >= 4 is 22.7 Å². The van der Waals surface area contributed by atoms with Gasteiger partial charge >= 0.3 is 0 Å². The molecule has 0 aliphatic rings. The average Bonchev–Trinajstić information content (AvgIpc) is 2.94. The Bertz CT molecular complexity index is 938. The molecule has 2 aromatic carbocycles. The number of aromatic nitrogens is 1. The van der Waals surface area contributed by atoms with E-state index >= 15 is 0 Å². The molecule has 0 atom stereocenters. The Hall–Kier alpha value is -3.17. The molecular weight excluding hydrogens is 294 g/mol. The lowest BCUT2D eigenvalue weighted by Crippen LogP contribution is -2.18. The number of oxazole rings is 1. The average molecular weight is 307 g/mol. The fourth-order valence-electron chi connectivity index (χ4n) is 2.37. The molecule has 0 fully saturated rings. The maximum atomic E-state index is 11.4. The minimum atomic E-state index is -0.568. The molecule has 3 rings (SSSR count). The first-order valence-electron chi connectivity index (χ1n) is 6.91. The summed E-state index contributed by atoms with van der Waals surface area (Å²) >= 11 is 0. The van der Waals surface area contributed by atoms with Gasteiger partial charge in [0.25, 0.3) is 5.91 Å². The van der Waals surface area contributed by atoms with E-state index in [-0.39, 0.29) is 0 Å². The van der Waals surface area contributed by atoms with Crippen LogP contribution >= 0.6 is 0 Å². The zero-order valence-electron chi connectivity index (χ0n) is 12.3. The van der Waals surface area contributed by atoms with Crippen molar-refractivity contribution in [3.8, 4) is 0 Å². The number of nitrogens with one attached hydrogen (secondary N) is 1. The van der Waals surface area contributed by atoms with Crippen LogP contribution in [0.5, 0.6) is 0 Å². The summed E-state index contributed by atoms with van der Waals surface area (Å²) in [6.45, 7) is 8.99. The van der Waals surface area contributed by atoms with Gasteiger partial charge < -0.3 is 4.42 Å². The second-order valence-electron chi connectivity index (χ2n) is 5.14. The normalized spacial score (nSPS) is 10.5. The summed E-state index contributed by atoms with van der Waals surface area (Å²) in [5.41, 5.74) is 5.47. The van der Waals surface area contributed by atoms with E-state index in [1.54, 1.807) is 29.7 Å². The van der Waals surface area contributed by atoms with E-state index in [9.17, 15) is 4.79 Å². The van der Waals surface area contributed by atoms with Crippen molar-refractivity contribution < 1.29 is 14.4 Å². The zero-order chi connectivity index (χ0) is 16.4. The maximum absolute atomic E-state index is 11.4. The van der Waals surface area contributed by atoms with Crippen molar-refractivity contribution in [3.63, 3.8) is 0 Å². The zero-order valence-corrected chi connectivity index (χ0v) is 12.3. The molecule has 1 amide bonds. The van der Waals surface area contributed by atoms with E-state index in [4.69, 9.17) is 16.2 Å². The molecule has 0 bridgehead atoms. The molecule has 23 heavy (non-hydrogen) atoms. The van der Waals surface area contributed by atoms with Crippen LogP contribution in [0.15, 0.2) is 40.8 Å². The van der Waals surface area contributed by atoms with Crippen LogP contribution in [0.2, 0.25) is 0 Å². The second kappa shape index (κ2) is 5.91. The number of fused-ring (bicyclic) bond motifs is 1. The Morgan fingerprint density at radius 3 is 2.96 bits per heavy atom. The van der Waals surface area contributed by atoms with Gasteiger partial charge in [0, 0.05) is 12.0 Å². The smallest absolute Gasteiger partial charge is 0.274 e. The Kier molecular flexibility index (Phi) is 3.79. The topological polar surface area (TPSA) is 79.7 Å². The predicted octanol–water partition coefficient (Wildman–Crippen LogP) is 3.40. The summed E-state index contributed by atoms with van der Waals surface area (Å²) in [7, 11) is 0. The highest BCUT2D eigenvalue weighted by molar-refractivity contribution is 5.93. The van der Waals surface area contributed by atoms with Crippen LogP contribution < -0.4 is 5.48 Å². The molecule has 3 aromatic rings. The molecule has 0 saturated carbocycles. The van der Waals surface area contributed by atoms with Gasteiger partial charge in [-0.1, -0.05) is 12.1 Å². The Balaban J connectivity index is 1.93. The van der Waals surface area contributed by atoms with Crippen LogP contribution in [0.3, 0.4) is 0 Å². The molecule has 6 nitrogen and oxygen atoms in total. The Labute approximate surface area is 132 Å². The van der Waals surface area contributed by atoms with Crippen molar-refractivity contribution in [1.82, 2.24) is 10.5 Å². The highest BCUT2D eigenvalue weighted by atomic mass is 16.5. The van der Waals surface area contributed by atoms with Crippen LogP contribution in [0.25, 0.3) is 15.9 Å². The summed E-state index contributed by atoms with van der Waals surface area (Å²) in [6, 6.07) is 10.3. The van der Waals surface area contributed by atoms with Crippen molar-refractivity contribution in [2.45, 2.75) is 13.3 Å². The summed E-state index contributed by atoms with van der Waals surface area (Å²) in [4.78, 5) is 19.3. The molecule has 6 heteroatoms. The number of carbonyl (C=O) groups is 1. The fraction of sp³-hybridized carbons (Fsp3) is 0.118. The molecule has 1 heterocycles. The standard InChI is InChI=1S/C17H13N3O3/c1-10-6-14-15(9-13(10)18-2)23-16(19-14)8-11-4-3-5-12(7-11)17(21)20-22/h3-7,9,22H,8H2,1H3,(H,20,21). The summed E-state index contributed by atoms with van der Waals surface area (Å²) < 4.78 is 5.69. The van der Waals surface area contributed by atoms with Crippen LogP contribution in [-0.2, 0) is 6.42 Å². The van der Waals surface area contributed by atoms with Gasteiger partial charge in [0.15, 0.2) is 11.6 Å². The number of carbonyl (C=O) groups excluding carboxylic acids is 1. The quantitative estimate of drug-likeness (QED) is 0.441. The van der Waals surface area contributed by atoms with Gasteiger partial charge in [-0.05, 0) is 42.3 Å². The number of hydrogen-bond acceptors (Lipinski definition) is 4. The number of benzene rings is 2. The van der Waals surface area contributed by atoms with Gasteiger partial charge in [-0.15, -0.1) is 0 Å². The molecular formula is C17H13N3O3. The van der Waals surface area contributed by atoms with Gasteiger partial charge in [0.1, 0.15) is 11.1 Å². The number of nitrogens with zero attached hydrogens (tertiary/aromatic N) is 2. The van der Waals surface area contributed by atoms with Gasteiger partial charge in [-0.2, -0.15) is 0 Å². The number of aryl methyl sites for hydroxylation is 1. The minimum Gasteiger partial charge on any atom is -0.442 e. The van der Waals surface area contributed by atoms with Crippen LogP contribution in [0, 0.1) is 13.5 Å². The predicted molar refractivity (Wildman–Crippen MR) is 83.5 cm³/mol. The summed E-state index contributed by atoms with van der Waals surface area (Å²) in [5, 5.41) is 8.68. The lowest BCUT2D eigenvalue weighted by Gasteiger charge is -2.01. The van der Waals surface area contributed by atoms with E-state index in [1.807, 2.05) is 19.1 Å². The third-order valence-corrected chi connectivity index (χ3v) is 3.52. The van der Waals surface area contributed by atoms with Crippen molar-refractivity contribution in [3.05, 3.63) is 70.4 Å². The first-order chi connectivity index (χ1) is 11.1. The molecule has 0 spiro atoms. The number of amides is 1. The number of hydrogen-bond donors (Lipinski definition) is 2. The van der Waals surface area contributed by atoms with Crippen LogP contribution in [0.1, 0.15) is 27.4 Å². The summed E-state index contributed by atoms with van der Waals surface area (Å²) in [5.74, 6) is -0.0650. The van der Waals surface area contributed by atoms with Gasteiger partial charge in [0.05, 0.1) is 6.57 Å². The molecule has 0 radical (unpaired) electrons. The van der Waals surface area contributed by atoms with Gasteiger partial charge in [0.2, 0.25) is 0 Å². The highest BCUT2D eigenvalue weighted by Gasteiger charge is 2.11. The first-order valence-corrected chi connectivity index (χ1v) is 6.91. The lowest BCUT2D eigenvalue weighted by molar-refractivity contribution is 0.0706. The Morgan fingerprint density at radius 1 is 1.39 bits per heavy atom.